The minimum absolute atomic E-state index is 0.0611. The third-order valence-electron chi connectivity index (χ3n) is 3.97. The maximum atomic E-state index is 12.2. The minimum atomic E-state index is -0.188. The SMILES string of the molecule is CN(C)c1cc(N2CCCC(NC(=O)c3cnccn3)C2)ncn1. The third-order valence-corrected chi connectivity index (χ3v) is 3.97. The number of nitrogens with zero attached hydrogens (tertiary/aromatic N) is 6. The number of amides is 1. The maximum Gasteiger partial charge on any atom is 0.271 e. The molecule has 1 aliphatic heterocycles. The van der Waals surface area contributed by atoms with Crippen LogP contribution in [0.25, 0.3) is 0 Å². The molecule has 1 amide bonds. The summed E-state index contributed by atoms with van der Waals surface area (Å²) >= 11 is 0. The predicted octanol–water partition coefficient (Wildman–Crippen LogP) is 0.731. The molecular formula is C16H21N7O. The van der Waals surface area contributed by atoms with E-state index < -0.39 is 0 Å². The molecule has 126 valence electrons. The van der Waals surface area contributed by atoms with Crippen molar-refractivity contribution in [2.45, 2.75) is 18.9 Å². The molecule has 1 unspecified atom stereocenters. The number of rotatable bonds is 4. The number of nitrogens with one attached hydrogen (secondary N) is 1. The van der Waals surface area contributed by atoms with E-state index in [2.05, 4.69) is 30.2 Å². The fourth-order valence-electron chi connectivity index (χ4n) is 2.73. The molecule has 1 N–H and O–H groups in total. The van der Waals surface area contributed by atoms with Gasteiger partial charge >= 0.3 is 0 Å². The molecule has 1 aliphatic rings. The Morgan fingerprint density at radius 2 is 2.17 bits per heavy atom. The van der Waals surface area contributed by atoms with Gasteiger partial charge in [0.15, 0.2) is 0 Å². The lowest BCUT2D eigenvalue weighted by Gasteiger charge is -2.34. The Bertz CT molecular complexity index is 692. The Kier molecular flexibility index (Phi) is 4.83. The molecule has 0 aliphatic carbocycles. The van der Waals surface area contributed by atoms with Crippen molar-refractivity contribution in [3.63, 3.8) is 0 Å². The quantitative estimate of drug-likeness (QED) is 0.886. The molecule has 0 spiro atoms. The van der Waals surface area contributed by atoms with Gasteiger partial charge in [0.05, 0.1) is 6.20 Å². The highest BCUT2D eigenvalue weighted by Gasteiger charge is 2.23. The van der Waals surface area contributed by atoms with E-state index in [9.17, 15) is 4.79 Å². The van der Waals surface area contributed by atoms with E-state index in [-0.39, 0.29) is 11.9 Å². The summed E-state index contributed by atoms with van der Waals surface area (Å²) in [7, 11) is 3.90. The average molecular weight is 327 g/mol. The highest BCUT2D eigenvalue weighted by atomic mass is 16.2. The molecule has 2 aromatic rings. The largest absolute Gasteiger partial charge is 0.363 e. The highest BCUT2D eigenvalue weighted by molar-refractivity contribution is 5.92. The number of carbonyl (C=O) groups is 1. The molecule has 8 heteroatoms. The predicted molar refractivity (Wildman–Crippen MR) is 91.1 cm³/mol. The van der Waals surface area contributed by atoms with Crippen LogP contribution in [-0.2, 0) is 0 Å². The third kappa shape index (κ3) is 3.76. The maximum absolute atomic E-state index is 12.2. The van der Waals surface area contributed by atoms with E-state index in [1.165, 1.54) is 12.4 Å². The van der Waals surface area contributed by atoms with Crippen LogP contribution in [0, 0.1) is 0 Å². The number of anilines is 2. The van der Waals surface area contributed by atoms with E-state index >= 15 is 0 Å². The molecule has 1 saturated heterocycles. The van der Waals surface area contributed by atoms with Gasteiger partial charge in [-0.05, 0) is 12.8 Å². The van der Waals surface area contributed by atoms with Gasteiger partial charge in [0.2, 0.25) is 0 Å². The summed E-state index contributed by atoms with van der Waals surface area (Å²) in [6, 6.07) is 2.03. The molecule has 8 nitrogen and oxygen atoms in total. The second-order valence-corrected chi connectivity index (χ2v) is 5.98. The van der Waals surface area contributed by atoms with Crippen LogP contribution < -0.4 is 15.1 Å². The first-order valence-electron chi connectivity index (χ1n) is 7.94. The number of hydrogen-bond acceptors (Lipinski definition) is 7. The lowest BCUT2D eigenvalue weighted by atomic mass is 10.1. The average Bonchev–Trinajstić information content (AvgIpc) is 2.63. The van der Waals surface area contributed by atoms with Crippen molar-refractivity contribution in [1.29, 1.82) is 0 Å². The molecule has 0 aromatic carbocycles. The molecule has 0 saturated carbocycles. The van der Waals surface area contributed by atoms with E-state index in [0.29, 0.717) is 5.69 Å². The molecule has 2 aromatic heterocycles. The summed E-state index contributed by atoms with van der Waals surface area (Å²) in [6.07, 6.45) is 8.05. The van der Waals surface area contributed by atoms with Crippen molar-refractivity contribution < 1.29 is 4.79 Å². The van der Waals surface area contributed by atoms with Gasteiger partial charge in [0.1, 0.15) is 23.7 Å². The van der Waals surface area contributed by atoms with Crippen LogP contribution in [0.1, 0.15) is 23.3 Å². The molecule has 24 heavy (non-hydrogen) atoms. The highest BCUT2D eigenvalue weighted by Crippen LogP contribution is 2.20. The Hall–Kier alpha value is -2.77. The molecule has 1 atom stereocenters. The van der Waals surface area contributed by atoms with Crippen LogP contribution in [0.3, 0.4) is 0 Å². The Morgan fingerprint density at radius 1 is 1.29 bits per heavy atom. The van der Waals surface area contributed by atoms with Crippen LogP contribution in [0.15, 0.2) is 31.0 Å². The van der Waals surface area contributed by atoms with Crippen molar-refractivity contribution in [3.05, 3.63) is 36.7 Å². The van der Waals surface area contributed by atoms with E-state index in [1.54, 1.807) is 12.5 Å². The summed E-state index contributed by atoms with van der Waals surface area (Å²) in [5.41, 5.74) is 0.339. The van der Waals surface area contributed by atoms with E-state index in [0.717, 1.165) is 37.6 Å². The lowest BCUT2D eigenvalue weighted by Crippen LogP contribution is -2.48. The first-order valence-corrected chi connectivity index (χ1v) is 7.94. The lowest BCUT2D eigenvalue weighted by molar-refractivity contribution is 0.0927. The fraction of sp³-hybridized carbons (Fsp3) is 0.438. The zero-order valence-corrected chi connectivity index (χ0v) is 13.9. The van der Waals surface area contributed by atoms with Crippen molar-refractivity contribution in [2.75, 3.05) is 37.0 Å². The van der Waals surface area contributed by atoms with Gasteiger partial charge < -0.3 is 15.1 Å². The van der Waals surface area contributed by atoms with Gasteiger partial charge in [-0.15, -0.1) is 0 Å². The summed E-state index contributed by atoms with van der Waals surface area (Å²) in [5.74, 6) is 1.56. The summed E-state index contributed by atoms with van der Waals surface area (Å²) in [5, 5.41) is 3.04. The number of hydrogen-bond donors (Lipinski definition) is 1. The van der Waals surface area contributed by atoms with E-state index in [1.807, 2.05) is 25.1 Å². The Labute approximate surface area is 141 Å². The zero-order valence-electron chi connectivity index (χ0n) is 13.9. The molecule has 0 radical (unpaired) electrons. The summed E-state index contributed by atoms with van der Waals surface area (Å²) in [4.78, 5) is 32.9. The number of piperidine rings is 1. The topological polar surface area (TPSA) is 87.1 Å². The number of aromatic nitrogens is 4. The zero-order chi connectivity index (χ0) is 16.9. The van der Waals surface area contributed by atoms with Crippen molar-refractivity contribution in [2.24, 2.45) is 0 Å². The monoisotopic (exact) mass is 327 g/mol. The normalized spacial score (nSPS) is 17.4. The van der Waals surface area contributed by atoms with Crippen LogP contribution in [0.5, 0.6) is 0 Å². The van der Waals surface area contributed by atoms with Crippen LogP contribution in [0.2, 0.25) is 0 Å². The second kappa shape index (κ2) is 7.20. The molecule has 3 heterocycles. The smallest absolute Gasteiger partial charge is 0.271 e. The first-order chi connectivity index (χ1) is 11.6. The van der Waals surface area contributed by atoms with Crippen molar-refractivity contribution in [1.82, 2.24) is 25.3 Å². The fourth-order valence-corrected chi connectivity index (χ4v) is 2.73. The van der Waals surface area contributed by atoms with Crippen molar-refractivity contribution in [3.8, 4) is 0 Å². The molecule has 3 rings (SSSR count). The molecular weight excluding hydrogens is 306 g/mol. The summed E-state index contributed by atoms with van der Waals surface area (Å²) < 4.78 is 0. The second-order valence-electron chi connectivity index (χ2n) is 5.98. The standard InChI is InChI=1S/C16H21N7O/c1-22(2)14-8-15(20-11-19-14)23-7-3-4-12(10-23)21-16(24)13-9-17-5-6-18-13/h5-6,8-9,11-12H,3-4,7,10H2,1-2H3,(H,21,24). The molecule has 1 fully saturated rings. The van der Waals surface area contributed by atoms with Gasteiger partial charge in [0.25, 0.3) is 5.91 Å². The molecule has 0 bridgehead atoms. The van der Waals surface area contributed by atoms with E-state index in [4.69, 9.17) is 0 Å². The van der Waals surface area contributed by atoms with Gasteiger partial charge in [-0.1, -0.05) is 0 Å². The van der Waals surface area contributed by atoms with Gasteiger partial charge in [-0.2, -0.15) is 0 Å². The Balaban J connectivity index is 1.66. The van der Waals surface area contributed by atoms with Crippen LogP contribution in [0.4, 0.5) is 11.6 Å². The van der Waals surface area contributed by atoms with Gasteiger partial charge in [-0.25, -0.2) is 15.0 Å². The van der Waals surface area contributed by atoms with Crippen LogP contribution in [-0.4, -0.2) is 59.1 Å². The van der Waals surface area contributed by atoms with Crippen LogP contribution >= 0.6 is 0 Å². The minimum Gasteiger partial charge on any atom is -0.363 e. The van der Waals surface area contributed by atoms with Gasteiger partial charge in [0, 0.05) is 51.7 Å². The first kappa shape index (κ1) is 16.1. The van der Waals surface area contributed by atoms with Gasteiger partial charge in [-0.3, -0.25) is 9.78 Å². The van der Waals surface area contributed by atoms with Crippen molar-refractivity contribution >= 4 is 17.5 Å². The Morgan fingerprint density at radius 3 is 2.92 bits per heavy atom. The number of carbonyl (C=O) groups excluding carboxylic acids is 1. The summed E-state index contributed by atoms with van der Waals surface area (Å²) in [6.45, 7) is 1.64.